The van der Waals surface area contributed by atoms with Crippen molar-refractivity contribution in [3.8, 4) is 0 Å². The lowest BCUT2D eigenvalue weighted by Crippen LogP contribution is -2.21. The molecule has 0 fully saturated rings. The molecule has 0 N–H and O–H groups in total. The summed E-state index contributed by atoms with van der Waals surface area (Å²) in [5.74, 6) is -1.28. The highest BCUT2D eigenvalue weighted by Gasteiger charge is 2.32. The fourth-order valence-corrected chi connectivity index (χ4v) is 2.43. The minimum absolute atomic E-state index is 0.000584. The predicted molar refractivity (Wildman–Crippen MR) is 122 cm³/mol. The molecule has 0 aromatic heterocycles. The second kappa shape index (κ2) is 12.2. The summed E-state index contributed by atoms with van der Waals surface area (Å²) in [6.07, 6.45) is 0. The zero-order chi connectivity index (χ0) is 22.9. The molecule has 30 heavy (non-hydrogen) atoms. The summed E-state index contributed by atoms with van der Waals surface area (Å²) >= 11 is 33.0. The van der Waals surface area contributed by atoms with Crippen LogP contribution in [0.5, 0.6) is 0 Å². The van der Waals surface area contributed by atoms with Gasteiger partial charge in [-0.15, -0.1) is 0 Å². The van der Waals surface area contributed by atoms with Gasteiger partial charge in [-0.05, 0) is 18.1 Å². The van der Waals surface area contributed by atoms with Crippen LogP contribution in [0, 0.1) is 6.92 Å². The molecule has 0 amide bonds. The minimum Gasteiger partial charge on any atom is -0.461 e. The maximum absolute atomic E-state index is 11.2. The maximum atomic E-state index is 11.2. The molecule has 0 heterocycles. The molecule has 0 atom stereocenters. The van der Waals surface area contributed by atoms with Crippen LogP contribution in [-0.4, -0.2) is 15.7 Å². The highest BCUT2D eigenvalue weighted by atomic mass is 35.6. The molecule has 0 aliphatic carbocycles. The number of esters is 2. The van der Waals surface area contributed by atoms with Gasteiger partial charge in [0.15, 0.2) is 0 Å². The van der Waals surface area contributed by atoms with Crippen LogP contribution in [0.4, 0.5) is 0 Å². The number of hydrogen-bond donors (Lipinski definition) is 0. The molecule has 10 heteroatoms. The number of benzene rings is 2. The van der Waals surface area contributed by atoms with Gasteiger partial charge in [0.05, 0.1) is 0 Å². The molecular weight excluding hydrogens is 517 g/mol. The highest BCUT2D eigenvalue weighted by Crippen LogP contribution is 2.37. The molecule has 2 rings (SSSR count). The fourth-order valence-electron chi connectivity index (χ4n) is 1.89. The van der Waals surface area contributed by atoms with Gasteiger partial charge in [-0.2, -0.15) is 0 Å². The number of rotatable bonds is 4. The second-order valence-electron chi connectivity index (χ2n) is 6.03. The van der Waals surface area contributed by atoms with Crippen molar-refractivity contribution in [3.63, 3.8) is 0 Å². The molecule has 0 saturated carbocycles. The van der Waals surface area contributed by atoms with Crippen LogP contribution in [0.2, 0.25) is 0 Å². The van der Waals surface area contributed by atoms with E-state index in [1.807, 2.05) is 31.2 Å². The molecule has 2 aromatic carbocycles. The van der Waals surface area contributed by atoms with E-state index in [0.29, 0.717) is 5.56 Å². The Morgan fingerprint density at radius 2 is 1.20 bits per heavy atom. The van der Waals surface area contributed by atoms with Gasteiger partial charge in [-0.25, -0.2) is 4.79 Å². The molecular formula is C20H18Cl6O4. The summed E-state index contributed by atoms with van der Waals surface area (Å²) in [6.45, 7) is 3.52. The number of halogens is 6. The molecule has 164 valence electrons. The van der Waals surface area contributed by atoms with Crippen molar-refractivity contribution in [3.05, 3.63) is 70.8 Å². The van der Waals surface area contributed by atoms with Crippen LogP contribution in [0.15, 0.2) is 48.5 Å². The largest absolute Gasteiger partial charge is 0.461 e. The van der Waals surface area contributed by atoms with Crippen LogP contribution in [0.3, 0.4) is 0 Å². The van der Waals surface area contributed by atoms with Crippen molar-refractivity contribution in [1.29, 1.82) is 0 Å². The third-order valence-electron chi connectivity index (χ3n) is 3.45. The van der Waals surface area contributed by atoms with Crippen LogP contribution >= 0.6 is 69.6 Å². The van der Waals surface area contributed by atoms with Gasteiger partial charge in [0.2, 0.25) is 3.79 Å². The molecule has 4 nitrogen and oxygen atoms in total. The van der Waals surface area contributed by atoms with Crippen LogP contribution in [0.1, 0.15) is 29.2 Å². The Balaban J connectivity index is 0.000000346. The first-order valence-electron chi connectivity index (χ1n) is 8.38. The van der Waals surface area contributed by atoms with E-state index in [1.54, 1.807) is 24.3 Å². The number of carbonyl (C=O) groups is 2. The van der Waals surface area contributed by atoms with Crippen molar-refractivity contribution in [2.24, 2.45) is 0 Å². The van der Waals surface area contributed by atoms with Gasteiger partial charge >= 0.3 is 11.9 Å². The second-order valence-corrected chi connectivity index (χ2v) is 10.6. The van der Waals surface area contributed by atoms with E-state index in [4.69, 9.17) is 79.1 Å². The first-order chi connectivity index (χ1) is 13.8. The number of alkyl halides is 6. The molecule has 0 aliphatic heterocycles. The normalized spacial score (nSPS) is 11.2. The Morgan fingerprint density at radius 1 is 0.767 bits per heavy atom. The van der Waals surface area contributed by atoms with Crippen molar-refractivity contribution < 1.29 is 19.1 Å². The summed E-state index contributed by atoms with van der Waals surface area (Å²) in [5, 5.41) is 0. The Bertz CT molecular complexity index is 824. The van der Waals surface area contributed by atoms with Gasteiger partial charge in [-0.3, -0.25) is 4.79 Å². The molecule has 2 aromatic rings. The van der Waals surface area contributed by atoms with Crippen molar-refractivity contribution >= 4 is 81.5 Å². The summed E-state index contributed by atoms with van der Waals surface area (Å²) < 4.78 is 6.27. The molecule has 0 unspecified atom stereocenters. The summed E-state index contributed by atoms with van der Waals surface area (Å²) in [4.78, 5) is 21.8. The Morgan fingerprint density at radius 3 is 1.57 bits per heavy atom. The van der Waals surface area contributed by atoms with Crippen LogP contribution in [0.25, 0.3) is 0 Å². The van der Waals surface area contributed by atoms with E-state index in [0.717, 1.165) is 16.7 Å². The van der Waals surface area contributed by atoms with Gasteiger partial charge < -0.3 is 9.47 Å². The first kappa shape index (κ1) is 27.2. The monoisotopic (exact) mass is 532 g/mol. The number of aryl methyl sites for hydroxylation is 1. The summed E-state index contributed by atoms with van der Waals surface area (Å²) in [6, 6.07) is 14.4. The molecule has 0 saturated heterocycles. The number of hydrogen-bond acceptors (Lipinski definition) is 4. The van der Waals surface area contributed by atoms with Crippen LogP contribution < -0.4 is 0 Å². The molecule has 0 bridgehead atoms. The van der Waals surface area contributed by atoms with Crippen LogP contribution in [-0.2, 0) is 36.1 Å². The standard InChI is InChI=1S/C12H11Cl3O4.C8H7Cl3/c1-8(16)18-6-9-2-4-10(5-3-9)7-19-11(17)12(13,14)15;1-6-2-4-7(5-3-6)8(9,10)11/h2-5H,6-7H2,1H3;2-5H,1H3. The molecule has 0 radical (unpaired) electrons. The number of carbonyl (C=O) groups excluding carboxylic acids is 2. The maximum Gasteiger partial charge on any atom is 0.358 e. The zero-order valence-corrected chi connectivity index (χ0v) is 20.5. The smallest absolute Gasteiger partial charge is 0.358 e. The Hall–Kier alpha value is -0.880. The molecule has 0 spiro atoms. The van der Waals surface area contributed by atoms with Gasteiger partial charge in [0.25, 0.3) is 3.79 Å². The predicted octanol–water partition coefficient (Wildman–Crippen LogP) is 6.98. The third kappa shape index (κ3) is 10.9. The van der Waals surface area contributed by atoms with E-state index < -0.39 is 13.6 Å². The topological polar surface area (TPSA) is 52.6 Å². The third-order valence-corrected chi connectivity index (χ3v) is 4.56. The molecule has 0 aliphatic rings. The lowest BCUT2D eigenvalue weighted by atomic mass is 10.1. The quantitative estimate of drug-likeness (QED) is 0.313. The van der Waals surface area contributed by atoms with Gasteiger partial charge in [-0.1, -0.05) is 124 Å². The van der Waals surface area contributed by atoms with Crippen molar-refractivity contribution in [2.45, 2.75) is 34.6 Å². The Labute approximate surface area is 205 Å². The van der Waals surface area contributed by atoms with E-state index >= 15 is 0 Å². The zero-order valence-electron chi connectivity index (χ0n) is 15.9. The lowest BCUT2D eigenvalue weighted by Gasteiger charge is -2.10. The van der Waals surface area contributed by atoms with E-state index in [9.17, 15) is 9.59 Å². The Kier molecular flexibility index (Phi) is 11.1. The van der Waals surface area contributed by atoms with Gasteiger partial charge in [0.1, 0.15) is 13.2 Å². The van der Waals surface area contributed by atoms with Crippen molar-refractivity contribution in [1.82, 2.24) is 0 Å². The SMILES string of the molecule is CC(=O)OCc1ccc(COC(=O)C(Cl)(Cl)Cl)cc1.Cc1ccc(C(Cl)(Cl)Cl)cc1. The van der Waals surface area contributed by atoms with Crippen molar-refractivity contribution in [2.75, 3.05) is 0 Å². The van der Waals surface area contributed by atoms with Gasteiger partial charge in [0, 0.05) is 12.5 Å². The summed E-state index contributed by atoms with van der Waals surface area (Å²) in [7, 11) is 0. The average Bonchev–Trinajstić information content (AvgIpc) is 2.64. The van der Waals surface area contributed by atoms with E-state index in [1.165, 1.54) is 6.92 Å². The summed E-state index contributed by atoms with van der Waals surface area (Å²) in [5.41, 5.74) is 3.41. The van der Waals surface area contributed by atoms with E-state index in [-0.39, 0.29) is 19.2 Å². The van der Waals surface area contributed by atoms with E-state index in [2.05, 4.69) is 0 Å². The average molecular weight is 535 g/mol. The number of ether oxygens (including phenoxy) is 2. The fraction of sp³-hybridized carbons (Fsp3) is 0.300. The highest BCUT2D eigenvalue weighted by molar-refractivity contribution is 6.75. The minimum atomic E-state index is -2.07. The first-order valence-corrected chi connectivity index (χ1v) is 10.6. The lowest BCUT2D eigenvalue weighted by molar-refractivity contribution is -0.144.